The molecule has 5 heteroatoms. The first kappa shape index (κ1) is 14.3. The van der Waals surface area contributed by atoms with Crippen LogP contribution in [-0.2, 0) is 12.3 Å². The number of hydrogen-bond donors (Lipinski definition) is 0. The van der Waals surface area contributed by atoms with Crippen LogP contribution in [0.5, 0.6) is 0 Å². The molecular weight excluding hydrogens is 260 g/mol. The molecule has 0 amide bonds. The summed E-state index contributed by atoms with van der Waals surface area (Å²) >= 11 is 9.34. The van der Waals surface area contributed by atoms with Crippen LogP contribution in [0.3, 0.4) is 0 Å². The zero-order valence-electron chi connectivity index (χ0n) is 9.91. The molecule has 92 valence electrons. The summed E-state index contributed by atoms with van der Waals surface area (Å²) in [5, 5.41) is 3.27. The second-order valence-electron chi connectivity index (χ2n) is 3.77. The SMILES string of the molecule is CSCCN(C)CCCc1nc(CCl)cs1. The van der Waals surface area contributed by atoms with E-state index in [1.807, 2.05) is 11.8 Å². The van der Waals surface area contributed by atoms with Crippen LogP contribution in [0.25, 0.3) is 0 Å². The summed E-state index contributed by atoms with van der Waals surface area (Å²) in [4.78, 5) is 6.83. The molecule has 16 heavy (non-hydrogen) atoms. The first-order chi connectivity index (χ1) is 7.76. The van der Waals surface area contributed by atoms with Gasteiger partial charge >= 0.3 is 0 Å². The summed E-state index contributed by atoms with van der Waals surface area (Å²) in [5.41, 5.74) is 1.01. The fraction of sp³-hybridized carbons (Fsp3) is 0.727. The van der Waals surface area contributed by atoms with Gasteiger partial charge in [0.2, 0.25) is 0 Å². The monoisotopic (exact) mass is 278 g/mol. The topological polar surface area (TPSA) is 16.1 Å². The highest BCUT2D eigenvalue weighted by molar-refractivity contribution is 7.98. The molecule has 0 aliphatic rings. The van der Waals surface area contributed by atoms with Crippen molar-refractivity contribution in [2.75, 3.05) is 32.1 Å². The van der Waals surface area contributed by atoms with E-state index in [4.69, 9.17) is 11.6 Å². The molecule has 2 nitrogen and oxygen atoms in total. The van der Waals surface area contributed by atoms with Gasteiger partial charge in [-0.2, -0.15) is 11.8 Å². The zero-order valence-corrected chi connectivity index (χ0v) is 12.3. The van der Waals surface area contributed by atoms with Crippen LogP contribution in [0, 0.1) is 0 Å². The van der Waals surface area contributed by atoms with Crippen molar-refractivity contribution in [3.63, 3.8) is 0 Å². The van der Waals surface area contributed by atoms with Gasteiger partial charge in [-0.25, -0.2) is 4.98 Å². The smallest absolute Gasteiger partial charge is 0.0929 e. The largest absolute Gasteiger partial charge is 0.306 e. The van der Waals surface area contributed by atoms with Crippen LogP contribution in [0.1, 0.15) is 17.1 Å². The molecule has 1 rings (SSSR count). The Morgan fingerprint density at radius 3 is 2.94 bits per heavy atom. The summed E-state index contributed by atoms with van der Waals surface area (Å²) < 4.78 is 0. The van der Waals surface area contributed by atoms with E-state index >= 15 is 0 Å². The lowest BCUT2D eigenvalue weighted by atomic mass is 10.3. The van der Waals surface area contributed by atoms with E-state index in [9.17, 15) is 0 Å². The van der Waals surface area contributed by atoms with Crippen molar-refractivity contribution in [1.82, 2.24) is 9.88 Å². The summed E-state index contributed by atoms with van der Waals surface area (Å²) in [7, 11) is 2.18. The molecule has 0 spiro atoms. The van der Waals surface area contributed by atoms with Gasteiger partial charge in [0.25, 0.3) is 0 Å². The van der Waals surface area contributed by atoms with E-state index in [0.717, 1.165) is 18.7 Å². The number of thioether (sulfide) groups is 1. The fourth-order valence-electron chi connectivity index (χ4n) is 1.38. The molecule has 0 N–H and O–H groups in total. The van der Waals surface area contributed by atoms with Crippen molar-refractivity contribution in [2.24, 2.45) is 0 Å². The molecule has 0 bridgehead atoms. The molecule has 0 fully saturated rings. The van der Waals surface area contributed by atoms with E-state index in [-0.39, 0.29) is 0 Å². The van der Waals surface area contributed by atoms with Gasteiger partial charge in [-0.05, 0) is 26.3 Å². The first-order valence-electron chi connectivity index (χ1n) is 5.43. The van der Waals surface area contributed by atoms with Crippen molar-refractivity contribution in [3.05, 3.63) is 16.1 Å². The lowest BCUT2D eigenvalue weighted by molar-refractivity contribution is 0.350. The van der Waals surface area contributed by atoms with E-state index in [1.165, 1.54) is 23.7 Å². The lowest BCUT2D eigenvalue weighted by Gasteiger charge is -2.14. The minimum atomic E-state index is 0.532. The molecular formula is C11H19ClN2S2. The van der Waals surface area contributed by atoms with E-state index in [0.29, 0.717) is 5.88 Å². The minimum Gasteiger partial charge on any atom is -0.306 e. The summed E-state index contributed by atoms with van der Waals surface area (Å²) in [6, 6.07) is 0. The van der Waals surface area contributed by atoms with Crippen molar-refractivity contribution >= 4 is 34.7 Å². The number of aryl methyl sites for hydroxylation is 1. The highest BCUT2D eigenvalue weighted by Crippen LogP contribution is 2.13. The number of alkyl halides is 1. The van der Waals surface area contributed by atoms with Crippen LogP contribution in [-0.4, -0.2) is 42.0 Å². The number of nitrogens with zero attached hydrogens (tertiary/aromatic N) is 2. The Morgan fingerprint density at radius 1 is 1.50 bits per heavy atom. The number of thiazole rings is 1. The number of hydrogen-bond acceptors (Lipinski definition) is 4. The Bertz CT molecular complexity index is 291. The van der Waals surface area contributed by atoms with Gasteiger partial charge in [0.05, 0.1) is 16.6 Å². The molecule has 0 atom stereocenters. The maximum atomic E-state index is 5.72. The number of rotatable bonds is 8. The Morgan fingerprint density at radius 2 is 2.31 bits per heavy atom. The van der Waals surface area contributed by atoms with Gasteiger partial charge in [-0.3, -0.25) is 0 Å². The van der Waals surface area contributed by atoms with E-state index in [1.54, 1.807) is 11.3 Å². The normalized spacial score (nSPS) is 11.2. The van der Waals surface area contributed by atoms with Crippen LogP contribution in [0.2, 0.25) is 0 Å². The predicted octanol–water partition coefficient (Wildman–Crippen LogP) is 3.11. The van der Waals surface area contributed by atoms with Crippen LogP contribution < -0.4 is 0 Å². The molecule has 0 saturated heterocycles. The maximum absolute atomic E-state index is 5.72. The van der Waals surface area contributed by atoms with Crippen LogP contribution >= 0.6 is 34.7 Å². The quantitative estimate of drug-likeness (QED) is 0.680. The summed E-state index contributed by atoms with van der Waals surface area (Å²) in [6.45, 7) is 2.32. The van der Waals surface area contributed by atoms with Crippen molar-refractivity contribution in [3.8, 4) is 0 Å². The van der Waals surface area contributed by atoms with Gasteiger partial charge < -0.3 is 4.90 Å². The molecule has 1 heterocycles. The van der Waals surface area contributed by atoms with Gasteiger partial charge in [-0.15, -0.1) is 22.9 Å². The van der Waals surface area contributed by atoms with Crippen molar-refractivity contribution < 1.29 is 0 Å². The third-order valence-corrected chi connectivity index (χ3v) is 4.17. The Hall–Kier alpha value is 0.230. The molecule has 1 aromatic rings. The fourth-order valence-corrected chi connectivity index (χ4v) is 2.95. The molecule has 0 aromatic carbocycles. The average molecular weight is 279 g/mol. The summed E-state index contributed by atoms with van der Waals surface area (Å²) in [5.74, 6) is 1.74. The Balaban J connectivity index is 2.14. The highest BCUT2D eigenvalue weighted by Gasteiger charge is 2.02. The first-order valence-corrected chi connectivity index (χ1v) is 8.23. The van der Waals surface area contributed by atoms with Gasteiger partial charge in [0, 0.05) is 24.1 Å². The third kappa shape index (κ3) is 5.53. The molecule has 0 aliphatic carbocycles. The lowest BCUT2D eigenvalue weighted by Crippen LogP contribution is -2.22. The molecule has 0 radical (unpaired) electrons. The number of aromatic nitrogens is 1. The zero-order chi connectivity index (χ0) is 11.8. The minimum absolute atomic E-state index is 0.532. The number of halogens is 1. The predicted molar refractivity (Wildman–Crippen MR) is 75.9 cm³/mol. The maximum Gasteiger partial charge on any atom is 0.0929 e. The molecule has 0 unspecified atom stereocenters. The molecule has 1 aromatic heterocycles. The van der Waals surface area contributed by atoms with Crippen molar-refractivity contribution in [1.29, 1.82) is 0 Å². The van der Waals surface area contributed by atoms with Gasteiger partial charge in [0.1, 0.15) is 0 Å². The second kappa shape index (κ2) is 8.34. The van der Waals surface area contributed by atoms with E-state index in [2.05, 4.69) is 28.6 Å². The van der Waals surface area contributed by atoms with Gasteiger partial charge in [0.15, 0.2) is 0 Å². The Kier molecular flexibility index (Phi) is 7.45. The van der Waals surface area contributed by atoms with E-state index < -0.39 is 0 Å². The van der Waals surface area contributed by atoms with Crippen LogP contribution in [0.4, 0.5) is 0 Å². The van der Waals surface area contributed by atoms with Crippen molar-refractivity contribution in [2.45, 2.75) is 18.7 Å². The molecule has 0 saturated carbocycles. The highest BCUT2D eigenvalue weighted by atomic mass is 35.5. The summed E-state index contributed by atoms with van der Waals surface area (Å²) in [6.07, 6.45) is 4.41. The standard InChI is InChI=1S/C11H19ClN2S2/c1-14(6-7-15-2)5-3-4-11-13-10(8-12)9-16-11/h9H,3-8H2,1-2H3. The van der Waals surface area contributed by atoms with Gasteiger partial charge in [-0.1, -0.05) is 0 Å². The second-order valence-corrected chi connectivity index (χ2v) is 5.96. The molecule has 0 aliphatic heterocycles. The van der Waals surface area contributed by atoms with Crippen LogP contribution in [0.15, 0.2) is 5.38 Å². The third-order valence-electron chi connectivity index (χ3n) is 2.34. The Labute approximate surface area is 111 Å². The average Bonchev–Trinajstić information content (AvgIpc) is 2.74.